The Morgan fingerprint density at radius 3 is 2.21 bits per heavy atom. The summed E-state index contributed by atoms with van der Waals surface area (Å²) in [5.74, 6) is 0.720. The highest BCUT2D eigenvalue weighted by Crippen LogP contribution is 2.11. The zero-order valence-corrected chi connectivity index (χ0v) is 15.4. The Morgan fingerprint density at radius 2 is 1.67 bits per heavy atom. The zero-order chi connectivity index (χ0) is 18.2. The molecule has 24 heavy (non-hydrogen) atoms. The summed E-state index contributed by atoms with van der Waals surface area (Å²) in [5.41, 5.74) is 0.888. The van der Waals surface area contributed by atoms with Crippen LogP contribution in [-0.4, -0.2) is 51.1 Å². The van der Waals surface area contributed by atoms with Gasteiger partial charge in [-0.3, -0.25) is 9.59 Å². The molecule has 0 aliphatic carbocycles. The molecule has 1 atom stereocenters. The highest BCUT2D eigenvalue weighted by molar-refractivity contribution is 5.79. The van der Waals surface area contributed by atoms with Gasteiger partial charge in [0.25, 0.3) is 11.8 Å². The first-order valence-electron chi connectivity index (χ1n) is 8.21. The molecule has 0 spiro atoms. The first-order chi connectivity index (χ1) is 11.2. The number of methoxy groups -OCH3 is 1. The average molecular weight is 336 g/mol. The van der Waals surface area contributed by atoms with Gasteiger partial charge in [0.1, 0.15) is 5.75 Å². The lowest BCUT2D eigenvalue weighted by atomic mass is 10.1. The van der Waals surface area contributed by atoms with Crippen molar-refractivity contribution in [3.05, 3.63) is 29.8 Å². The molecule has 1 aromatic carbocycles. The number of nitrogens with one attached hydrogen (secondary N) is 3. The van der Waals surface area contributed by atoms with Gasteiger partial charge < -0.3 is 20.3 Å². The summed E-state index contributed by atoms with van der Waals surface area (Å²) in [4.78, 5) is 24.6. The Labute approximate surface area is 144 Å². The molecule has 0 saturated heterocycles. The maximum atomic E-state index is 11.9. The van der Waals surface area contributed by atoms with E-state index in [9.17, 15) is 9.59 Å². The Morgan fingerprint density at radius 1 is 1.08 bits per heavy atom. The fourth-order valence-corrected chi connectivity index (χ4v) is 2.27. The van der Waals surface area contributed by atoms with Crippen LogP contribution in [0.15, 0.2) is 24.3 Å². The van der Waals surface area contributed by atoms with E-state index < -0.39 is 0 Å². The summed E-state index contributed by atoms with van der Waals surface area (Å²) in [6, 6.07) is 7.78. The van der Waals surface area contributed by atoms with Crippen molar-refractivity contribution in [1.82, 2.24) is 10.6 Å². The van der Waals surface area contributed by atoms with Crippen molar-refractivity contribution in [3.63, 3.8) is 0 Å². The summed E-state index contributed by atoms with van der Waals surface area (Å²) in [5, 5.41) is 5.78. The van der Waals surface area contributed by atoms with Gasteiger partial charge in [0.15, 0.2) is 13.1 Å². The van der Waals surface area contributed by atoms with Crippen LogP contribution in [-0.2, 0) is 16.0 Å². The first-order valence-corrected chi connectivity index (χ1v) is 8.21. The van der Waals surface area contributed by atoms with Gasteiger partial charge in [0, 0.05) is 12.1 Å². The lowest BCUT2D eigenvalue weighted by Gasteiger charge is -2.21. The monoisotopic (exact) mass is 336 g/mol. The predicted octanol–water partition coefficient (Wildman–Crippen LogP) is -0.217. The number of carbonyl (C=O) groups is 2. The molecule has 6 heteroatoms. The van der Waals surface area contributed by atoms with Crippen LogP contribution in [0.3, 0.4) is 0 Å². The van der Waals surface area contributed by atoms with E-state index in [1.165, 1.54) is 0 Å². The summed E-state index contributed by atoms with van der Waals surface area (Å²) >= 11 is 0. The maximum Gasteiger partial charge on any atom is 0.275 e. The molecular weight excluding hydrogens is 306 g/mol. The predicted molar refractivity (Wildman–Crippen MR) is 94.2 cm³/mol. The third-order valence-corrected chi connectivity index (χ3v) is 3.33. The molecule has 1 rings (SSSR count). The van der Waals surface area contributed by atoms with Gasteiger partial charge >= 0.3 is 0 Å². The van der Waals surface area contributed by atoms with E-state index in [0.29, 0.717) is 6.54 Å². The molecule has 2 amide bonds. The van der Waals surface area contributed by atoms with Gasteiger partial charge in [-0.15, -0.1) is 0 Å². The second-order valence-electron chi connectivity index (χ2n) is 7.06. The minimum atomic E-state index is -0.252. The minimum Gasteiger partial charge on any atom is -0.497 e. The number of ether oxygens (including phenoxy) is 1. The number of rotatable bonds is 8. The Kier molecular flexibility index (Phi) is 7.71. The Hall–Kier alpha value is -2.08. The largest absolute Gasteiger partial charge is 0.497 e. The van der Waals surface area contributed by atoms with Crippen molar-refractivity contribution in [2.45, 2.75) is 32.7 Å². The number of likely N-dealkylation sites (N-methyl/N-ethyl adjacent to an activating group) is 1. The van der Waals surface area contributed by atoms with Gasteiger partial charge in [-0.05, 0) is 44.9 Å². The van der Waals surface area contributed by atoms with Crippen molar-refractivity contribution in [3.8, 4) is 5.75 Å². The van der Waals surface area contributed by atoms with Crippen molar-refractivity contribution in [2.24, 2.45) is 0 Å². The Bertz CT molecular complexity index is 535. The van der Waals surface area contributed by atoms with Gasteiger partial charge in [-0.2, -0.15) is 0 Å². The second-order valence-corrected chi connectivity index (χ2v) is 7.06. The lowest BCUT2D eigenvalue weighted by Crippen LogP contribution is -3.11. The molecule has 0 aliphatic heterocycles. The molecule has 0 fully saturated rings. The molecule has 0 aromatic heterocycles. The molecule has 0 radical (unpaired) electrons. The van der Waals surface area contributed by atoms with E-state index in [1.807, 2.05) is 52.1 Å². The van der Waals surface area contributed by atoms with Crippen LogP contribution in [0, 0.1) is 0 Å². The molecule has 0 saturated carbocycles. The summed E-state index contributed by atoms with van der Waals surface area (Å²) < 4.78 is 5.11. The zero-order valence-electron chi connectivity index (χ0n) is 15.4. The van der Waals surface area contributed by atoms with Gasteiger partial charge in [-0.1, -0.05) is 12.1 Å². The van der Waals surface area contributed by atoms with E-state index in [4.69, 9.17) is 4.74 Å². The summed E-state index contributed by atoms with van der Waals surface area (Å²) in [7, 11) is 3.47. The standard InChI is InChI=1S/C18H29N3O3/c1-18(2,3)20-17(23)13-21(4)12-16(22)19-11-10-14-6-8-15(24-5)9-7-14/h6-9H,10-13H2,1-5H3,(H,19,22)(H,20,23)/p+1. The van der Waals surface area contributed by atoms with Crippen LogP contribution in [0.4, 0.5) is 0 Å². The normalized spacial score (nSPS) is 12.4. The number of hydrogen-bond donors (Lipinski definition) is 3. The maximum absolute atomic E-state index is 11.9. The molecule has 0 heterocycles. The van der Waals surface area contributed by atoms with Crippen molar-refractivity contribution < 1.29 is 19.2 Å². The van der Waals surface area contributed by atoms with Crippen LogP contribution < -0.4 is 20.3 Å². The SMILES string of the molecule is COc1ccc(CCNC(=O)C[NH+](C)CC(=O)NC(C)(C)C)cc1. The van der Waals surface area contributed by atoms with E-state index in [-0.39, 0.29) is 30.4 Å². The molecule has 0 aliphatic rings. The average Bonchev–Trinajstić information content (AvgIpc) is 2.45. The van der Waals surface area contributed by atoms with E-state index >= 15 is 0 Å². The van der Waals surface area contributed by atoms with Gasteiger partial charge in [-0.25, -0.2) is 0 Å². The van der Waals surface area contributed by atoms with Crippen LogP contribution in [0.1, 0.15) is 26.3 Å². The molecular formula is C18H30N3O3+. The third-order valence-electron chi connectivity index (χ3n) is 3.33. The van der Waals surface area contributed by atoms with Crippen molar-refractivity contribution in [1.29, 1.82) is 0 Å². The molecule has 0 bridgehead atoms. The fraction of sp³-hybridized carbons (Fsp3) is 0.556. The molecule has 1 aromatic rings. The van der Waals surface area contributed by atoms with Crippen LogP contribution in [0.2, 0.25) is 0 Å². The van der Waals surface area contributed by atoms with Gasteiger partial charge in [0.05, 0.1) is 14.2 Å². The van der Waals surface area contributed by atoms with Crippen LogP contribution in [0.5, 0.6) is 5.75 Å². The Balaban J connectivity index is 2.26. The number of carbonyl (C=O) groups excluding carboxylic acids is 2. The second kappa shape index (κ2) is 9.27. The fourth-order valence-electron chi connectivity index (χ4n) is 2.27. The van der Waals surface area contributed by atoms with E-state index in [2.05, 4.69) is 10.6 Å². The van der Waals surface area contributed by atoms with Crippen molar-refractivity contribution >= 4 is 11.8 Å². The molecule has 6 nitrogen and oxygen atoms in total. The van der Waals surface area contributed by atoms with E-state index in [1.54, 1.807) is 7.11 Å². The topological polar surface area (TPSA) is 71.9 Å². The number of benzene rings is 1. The summed E-state index contributed by atoms with van der Waals surface area (Å²) in [6.45, 7) is 6.94. The van der Waals surface area contributed by atoms with Crippen molar-refractivity contribution in [2.75, 3.05) is 33.8 Å². The highest BCUT2D eigenvalue weighted by Gasteiger charge is 2.18. The number of hydrogen-bond acceptors (Lipinski definition) is 3. The summed E-state index contributed by atoms with van der Waals surface area (Å²) in [6.07, 6.45) is 0.763. The van der Waals surface area contributed by atoms with Crippen LogP contribution >= 0.6 is 0 Å². The lowest BCUT2D eigenvalue weighted by molar-refractivity contribution is -0.862. The smallest absolute Gasteiger partial charge is 0.275 e. The minimum absolute atomic E-state index is 0.0500. The molecule has 1 unspecified atom stereocenters. The van der Waals surface area contributed by atoms with E-state index in [0.717, 1.165) is 22.6 Å². The highest BCUT2D eigenvalue weighted by atomic mass is 16.5. The van der Waals surface area contributed by atoms with Crippen LogP contribution in [0.25, 0.3) is 0 Å². The first kappa shape index (κ1) is 20.0. The third kappa shape index (κ3) is 8.53. The number of quaternary nitrogens is 1. The number of amides is 2. The molecule has 134 valence electrons. The van der Waals surface area contributed by atoms with Gasteiger partial charge in [0.2, 0.25) is 0 Å². The quantitative estimate of drug-likeness (QED) is 0.615. The molecule has 3 N–H and O–H groups in total.